The number of carbonyl (C=O) groups is 1. The largest absolute Gasteiger partial charge is 0.387 e. The van der Waals surface area contributed by atoms with E-state index in [0.717, 1.165) is 11.3 Å². The van der Waals surface area contributed by atoms with E-state index in [1.807, 2.05) is 17.5 Å². The van der Waals surface area contributed by atoms with Gasteiger partial charge >= 0.3 is 0 Å². The van der Waals surface area contributed by atoms with Gasteiger partial charge in [-0.15, -0.1) is 11.3 Å². The summed E-state index contributed by atoms with van der Waals surface area (Å²) in [6.07, 6.45) is 1.35. The molecule has 0 bridgehead atoms. The molecule has 2 N–H and O–H groups in total. The van der Waals surface area contributed by atoms with Gasteiger partial charge in [0, 0.05) is 17.8 Å². The zero-order valence-corrected chi connectivity index (χ0v) is 13.4. The summed E-state index contributed by atoms with van der Waals surface area (Å²) in [5, 5.41) is 17.6. The van der Waals surface area contributed by atoms with Gasteiger partial charge in [0.2, 0.25) is 5.91 Å². The Morgan fingerprint density at radius 2 is 2.32 bits per heavy atom. The summed E-state index contributed by atoms with van der Waals surface area (Å²) in [5.41, 5.74) is -0.424. The van der Waals surface area contributed by atoms with E-state index in [1.54, 1.807) is 11.3 Å². The Bertz CT molecular complexity index is 665. The van der Waals surface area contributed by atoms with Crippen LogP contribution >= 0.6 is 11.3 Å². The van der Waals surface area contributed by atoms with Crippen LogP contribution in [0, 0.1) is 5.41 Å². The van der Waals surface area contributed by atoms with Gasteiger partial charge in [0.25, 0.3) is 5.89 Å². The number of rotatable bonds is 6. The van der Waals surface area contributed by atoms with Crippen molar-refractivity contribution in [2.45, 2.75) is 38.7 Å². The lowest BCUT2D eigenvalue weighted by Crippen LogP contribution is -2.38. The molecule has 0 saturated heterocycles. The van der Waals surface area contributed by atoms with E-state index < -0.39 is 5.41 Å². The summed E-state index contributed by atoms with van der Waals surface area (Å²) in [6, 6.07) is 4.02. The van der Waals surface area contributed by atoms with Gasteiger partial charge < -0.3 is 14.9 Å². The third kappa shape index (κ3) is 2.44. The molecule has 0 unspecified atom stereocenters. The van der Waals surface area contributed by atoms with E-state index in [4.69, 9.17) is 9.63 Å². The van der Waals surface area contributed by atoms with Gasteiger partial charge in [0.05, 0.1) is 5.41 Å². The number of nitrogens with one attached hydrogen (secondary N) is 1. The van der Waals surface area contributed by atoms with Crippen molar-refractivity contribution in [2.75, 3.05) is 6.54 Å². The average Bonchev–Trinajstić information content (AvgIpc) is 2.95. The molecule has 2 heterocycles. The molecule has 0 radical (unpaired) electrons. The van der Waals surface area contributed by atoms with Crippen molar-refractivity contribution < 1.29 is 14.4 Å². The van der Waals surface area contributed by atoms with Crippen LogP contribution in [0.15, 0.2) is 22.0 Å². The first kappa shape index (κ1) is 15.2. The van der Waals surface area contributed by atoms with Gasteiger partial charge in [-0.1, -0.05) is 25.1 Å². The Morgan fingerprint density at radius 1 is 1.55 bits per heavy atom. The highest BCUT2D eigenvalue weighted by Crippen LogP contribution is 2.65. The number of nitrogens with zero attached hydrogens (tertiary/aromatic N) is 2. The molecule has 1 amide bonds. The molecule has 7 heteroatoms. The van der Waals surface area contributed by atoms with Gasteiger partial charge in [-0.2, -0.15) is 4.98 Å². The quantitative estimate of drug-likeness (QED) is 0.844. The normalized spacial score (nSPS) is 22.5. The Kier molecular flexibility index (Phi) is 3.78. The summed E-state index contributed by atoms with van der Waals surface area (Å²) >= 11 is 1.63. The summed E-state index contributed by atoms with van der Waals surface area (Å²) in [5.74, 6) is 0.745. The molecule has 1 aliphatic carbocycles. The van der Waals surface area contributed by atoms with Gasteiger partial charge in [0.15, 0.2) is 5.82 Å². The maximum Gasteiger partial charge on any atom is 0.252 e. The van der Waals surface area contributed by atoms with Crippen LogP contribution in [0.3, 0.4) is 0 Å². The minimum absolute atomic E-state index is 0.0157. The fourth-order valence-corrected chi connectivity index (χ4v) is 4.06. The topological polar surface area (TPSA) is 88.2 Å². The molecular formula is C15H19N3O3S. The van der Waals surface area contributed by atoms with E-state index >= 15 is 0 Å². The highest BCUT2D eigenvalue weighted by molar-refractivity contribution is 7.10. The molecule has 22 heavy (non-hydrogen) atoms. The SMILES string of the molecule is CC1(C)C[C@@]1(C(=O)NCCc1noc(CO)n1)c1cccs1. The molecule has 1 atom stereocenters. The number of aliphatic hydroxyl groups is 1. The Hall–Kier alpha value is -1.73. The number of hydrogen-bond acceptors (Lipinski definition) is 6. The van der Waals surface area contributed by atoms with Crippen LogP contribution in [0.4, 0.5) is 0 Å². The lowest BCUT2D eigenvalue weighted by atomic mass is 9.93. The van der Waals surface area contributed by atoms with Crippen LogP contribution < -0.4 is 5.32 Å². The molecule has 1 saturated carbocycles. The van der Waals surface area contributed by atoms with Gasteiger partial charge in [-0.3, -0.25) is 4.79 Å². The minimum atomic E-state index is -0.408. The molecule has 118 valence electrons. The first-order valence-corrected chi connectivity index (χ1v) is 8.12. The Labute approximate surface area is 132 Å². The second-order valence-corrected chi connectivity index (χ2v) is 7.16. The highest BCUT2D eigenvalue weighted by Gasteiger charge is 2.67. The van der Waals surface area contributed by atoms with E-state index in [1.165, 1.54) is 0 Å². The zero-order valence-electron chi connectivity index (χ0n) is 12.6. The van der Waals surface area contributed by atoms with Crippen LogP contribution in [-0.2, 0) is 23.2 Å². The summed E-state index contributed by atoms with van der Waals surface area (Å²) in [6.45, 7) is 4.43. The third-order valence-electron chi connectivity index (χ3n) is 4.35. The van der Waals surface area contributed by atoms with E-state index in [2.05, 4.69) is 29.3 Å². The molecule has 1 fully saturated rings. The van der Waals surface area contributed by atoms with Crippen molar-refractivity contribution in [1.29, 1.82) is 0 Å². The number of carbonyl (C=O) groups excluding carboxylic acids is 1. The molecule has 2 aromatic rings. The van der Waals surface area contributed by atoms with Gasteiger partial charge in [-0.25, -0.2) is 0 Å². The predicted molar refractivity (Wildman–Crippen MR) is 81.3 cm³/mol. The maximum absolute atomic E-state index is 12.7. The van der Waals surface area contributed by atoms with Crippen molar-refractivity contribution in [3.63, 3.8) is 0 Å². The minimum Gasteiger partial charge on any atom is -0.387 e. The average molecular weight is 321 g/mol. The summed E-state index contributed by atoms with van der Waals surface area (Å²) < 4.78 is 4.82. The lowest BCUT2D eigenvalue weighted by Gasteiger charge is -2.18. The standard InChI is InChI=1S/C15H19N3O3S/c1-14(2)9-15(14,10-4-3-7-22-10)13(20)16-6-5-11-17-12(8-19)21-18-11/h3-4,7,19H,5-6,8-9H2,1-2H3,(H,16,20)/t15-/m0/s1. The highest BCUT2D eigenvalue weighted by atomic mass is 32.1. The van der Waals surface area contributed by atoms with Crippen molar-refractivity contribution in [3.05, 3.63) is 34.1 Å². The van der Waals surface area contributed by atoms with E-state index in [-0.39, 0.29) is 23.8 Å². The second kappa shape index (κ2) is 5.48. The predicted octanol–water partition coefficient (Wildman–Crippen LogP) is 1.65. The summed E-state index contributed by atoms with van der Waals surface area (Å²) in [4.78, 5) is 17.8. The molecule has 1 aliphatic rings. The molecule has 3 rings (SSSR count). The first-order chi connectivity index (χ1) is 10.5. The first-order valence-electron chi connectivity index (χ1n) is 7.24. The van der Waals surface area contributed by atoms with Gasteiger partial charge in [0.1, 0.15) is 6.61 Å². The summed E-state index contributed by atoms with van der Waals surface area (Å²) in [7, 11) is 0. The Balaban J connectivity index is 1.62. The number of aromatic nitrogens is 2. The van der Waals surface area contributed by atoms with Gasteiger partial charge in [-0.05, 0) is 23.3 Å². The van der Waals surface area contributed by atoms with Crippen LogP contribution in [0.25, 0.3) is 0 Å². The van der Waals surface area contributed by atoms with Crippen LogP contribution in [0.5, 0.6) is 0 Å². The third-order valence-corrected chi connectivity index (χ3v) is 5.38. The maximum atomic E-state index is 12.7. The fourth-order valence-electron chi connectivity index (χ4n) is 2.95. The Morgan fingerprint density at radius 3 is 2.86 bits per heavy atom. The zero-order chi connectivity index (χ0) is 15.8. The number of aliphatic hydroxyl groups excluding tert-OH is 1. The molecular weight excluding hydrogens is 302 g/mol. The number of amides is 1. The van der Waals surface area contributed by atoms with E-state index in [0.29, 0.717) is 18.8 Å². The number of thiophene rings is 1. The molecule has 0 aromatic carbocycles. The van der Waals surface area contributed by atoms with Crippen LogP contribution in [-0.4, -0.2) is 27.7 Å². The fraction of sp³-hybridized carbons (Fsp3) is 0.533. The van der Waals surface area contributed by atoms with Crippen molar-refractivity contribution in [1.82, 2.24) is 15.5 Å². The molecule has 6 nitrogen and oxygen atoms in total. The van der Waals surface area contributed by atoms with Crippen molar-refractivity contribution >= 4 is 17.2 Å². The lowest BCUT2D eigenvalue weighted by molar-refractivity contribution is -0.124. The van der Waals surface area contributed by atoms with Crippen molar-refractivity contribution in [2.24, 2.45) is 5.41 Å². The number of hydrogen-bond donors (Lipinski definition) is 2. The second-order valence-electron chi connectivity index (χ2n) is 6.21. The van der Waals surface area contributed by atoms with Crippen molar-refractivity contribution in [3.8, 4) is 0 Å². The van der Waals surface area contributed by atoms with E-state index in [9.17, 15) is 4.79 Å². The smallest absolute Gasteiger partial charge is 0.252 e. The molecule has 2 aromatic heterocycles. The van der Waals surface area contributed by atoms with Crippen LogP contribution in [0.2, 0.25) is 0 Å². The van der Waals surface area contributed by atoms with Crippen LogP contribution in [0.1, 0.15) is 36.9 Å². The molecule has 0 spiro atoms. The molecule has 0 aliphatic heterocycles. The monoisotopic (exact) mass is 321 g/mol.